The van der Waals surface area contributed by atoms with Gasteiger partial charge in [-0.2, -0.15) is 0 Å². The van der Waals surface area contributed by atoms with Crippen molar-refractivity contribution in [3.63, 3.8) is 0 Å². The summed E-state index contributed by atoms with van der Waals surface area (Å²) >= 11 is 1.44. The molecule has 2 aromatic rings. The number of aromatic nitrogens is 1. The first-order valence-electron chi connectivity index (χ1n) is 6.04. The van der Waals surface area contributed by atoms with Gasteiger partial charge in [0, 0.05) is 28.2 Å². The lowest BCUT2D eigenvalue weighted by molar-refractivity contribution is 0.102. The highest BCUT2D eigenvalue weighted by molar-refractivity contribution is 7.14. The standard InChI is InChI=1S/C13H14N4OS/c14-9-3-8(4-10(15)5-9)12(18)17-13-16-11(6-19-13)7-1-2-7/h3-7H,1-2,14-15H2,(H,16,17,18). The van der Waals surface area contributed by atoms with Crippen LogP contribution in [0.3, 0.4) is 0 Å². The van der Waals surface area contributed by atoms with Crippen molar-refractivity contribution in [2.24, 2.45) is 0 Å². The molecule has 0 radical (unpaired) electrons. The number of carbonyl (C=O) groups excluding carboxylic acids is 1. The number of amides is 1. The van der Waals surface area contributed by atoms with Gasteiger partial charge in [-0.1, -0.05) is 0 Å². The lowest BCUT2D eigenvalue weighted by Gasteiger charge is -2.04. The number of benzene rings is 1. The average molecular weight is 274 g/mol. The molecule has 5 nitrogen and oxygen atoms in total. The number of carbonyl (C=O) groups is 1. The van der Waals surface area contributed by atoms with Crippen LogP contribution >= 0.6 is 11.3 Å². The highest BCUT2D eigenvalue weighted by Crippen LogP contribution is 2.40. The minimum absolute atomic E-state index is 0.240. The van der Waals surface area contributed by atoms with Crippen LogP contribution in [0.5, 0.6) is 0 Å². The third-order valence-corrected chi connectivity index (χ3v) is 3.75. The highest BCUT2D eigenvalue weighted by Gasteiger charge is 2.26. The fraction of sp³-hybridized carbons (Fsp3) is 0.231. The Kier molecular flexibility index (Phi) is 2.87. The van der Waals surface area contributed by atoms with E-state index in [1.54, 1.807) is 18.2 Å². The third-order valence-electron chi connectivity index (χ3n) is 2.98. The van der Waals surface area contributed by atoms with Crippen molar-refractivity contribution in [3.8, 4) is 0 Å². The zero-order chi connectivity index (χ0) is 13.4. The summed E-state index contributed by atoms with van der Waals surface area (Å²) in [5, 5.41) is 5.39. The van der Waals surface area contributed by atoms with Gasteiger partial charge in [0.2, 0.25) is 0 Å². The first kappa shape index (κ1) is 12.0. The quantitative estimate of drug-likeness (QED) is 0.749. The first-order valence-corrected chi connectivity index (χ1v) is 6.92. The number of thiazole rings is 1. The molecule has 1 fully saturated rings. The maximum absolute atomic E-state index is 12.1. The number of nitrogens with one attached hydrogen (secondary N) is 1. The van der Waals surface area contributed by atoms with Crippen molar-refractivity contribution in [1.82, 2.24) is 4.98 Å². The van der Waals surface area contributed by atoms with Crippen LogP contribution in [0.1, 0.15) is 34.8 Å². The minimum atomic E-state index is -0.240. The number of hydrogen-bond donors (Lipinski definition) is 3. The summed E-state index contributed by atoms with van der Waals surface area (Å²) in [6.07, 6.45) is 2.39. The van der Waals surface area contributed by atoms with Crippen molar-refractivity contribution in [1.29, 1.82) is 0 Å². The Morgan fingerprint density at radius 3 is 2.58 bits per heavy atom. The van der Waals surface area contributed by atoms with E-state index >= 15 is 0 Å². The maximum Gasteiger partial charge on any atom is 0.257 e. The van der Waals surface area contributed by atoms with E-state index in [0.29, 0.717) is 28.0 Å². The number of hydrogen-bond acceptors (Lipinski definition) is 5. The van der Waals surface area contributed by atoms with Crippen molar-refractivity contribution >= 4 is 33.8 Å². The molecule has 1 aromatic carbocycles. The molecule has 1 saturated carbocycles. The molecule has 0 unspecified atom stereocenters. The van der Waals surface area contributed by atoms with Crippen molar-refractivity contribution in [3.05, 3.63) is 34.8 Å². The Bertz CT molecular complexity index is 613. The van der Waals surface area contributed by atoms with Gasteiger partial charge in [-0.3, -0.25) is 10.1 Å². The third kappa shape index (κ3) is 2.68. The van der Waals surface area contributed by atoms with Gasteiger partial charge in [-0.15, -0.1) is 11.3 Å². The van der Waals surface area contributed by atoms with Crippen LogP contribution < -0.4 is 16.8 Å². The molecule has 98 valence electrons. The molecule has 1 aromatic heterocycles. The first-order chi connectivity index (χ1) is 9.11. The predicted molar refractivity (Wildman–Crippen MR) is 77.3 cm³/mol. The van der Waals surface area contributed by atoms with E-state index in [0.717, 1.165) is 5.69 Å². The van der Waals surface area contributed by atoms with Gasteiger partial charge >= 0.3 is 0 Å². The number of nitrogens with zero attached hydrogens (tertiary/aromatic N) is 1. The molecule has 1 amide bonds. The summed E-state index contributed by atoms with van der Waals surface area (Å²) in [4.78, 5) is 16.5. The van der Waals surface area contributed by atoms with Gasteiger partial charge in [-0.25, -0.2) is 4.98 Å². The number of anilines is 3. The van der Waals surface area contributed by atoms with Crippen LogP contribution in [0, 0.1) is 0 Å². The zero-order valence-corrected chi connectivity index (χ0v) is 11.0. The molecular formula is C13H14N4OS. The van der Waals surface area contributed by atoms with Gasteiger partial charge in [0.05, 0.1) is 5.69 Å². The van der Waals surface area contributed by atoms with Crippen LogP contribution in [0.4, 0.5) is 16.5 Å². The zero-order valence-electron chi connectivity index (χ0n) is 10.2. The molecule has 5 N–H and O–H groups in total. The average Bonchev–Trinajstić information content (AvgIpc) is 3.09. The van der Waals surface area contributed by atoms with E-state index in [9.17, 15) is 4.79 Å². The Labute approximate surface area is 114 Å². The summed E-state index contributed by atoms with van der Waals surface area (Å²) in [5.74, 6) is 0.348. The molecule has 0 atom stereocenters. The van der Waals surface area contributed by atoms with Crippen molar-refractivity contribution in [2.75, 3.05) is 16.8 Å². The molecule has 0 saturated heterocycles. The summed E-state index contributed by atoms with van der Waals surface area (Å²) < 4.78 is 0. The second-order valence-electron chi connectivity index (χ2n) is 4.69. The molecule has 1 aliphatic carbocycles. The summed E-state index contributed by atoms with van der Waals surface area (Å²) in [5.41, 5.74) is 13.8. The van der Waals surface area contributed by atoms with Gasteiger partial charge in [0.1, 0.15) is 0 Å². The van der Waals surface area contributed by atoms with Crippen molar-refractivity contribution in [2.45, 2.75) is 18.8 Å². The molecule has 1 heterocycles. The van der Waals surface area contributed by atoms with Gasteiger partial charge in [0.25, 0.3) is 5.91 Å². The van der Waals surface area contributed by atoms with E-state index in [1.807, 2.05) is 5.38 Å². The van der Waals surface area contributed by atoms with Gasteiger partial charge in [-0.05, 0) is 31.0 Å². The molecule has 3 rings (SSSR count). The fourth-order valence-electron chi connectivity index (χ4n) is 1.89. The molecular weight excluding hydrogens is 260 g/mol. The fourth-order valence-corrected chi connectivity index (χ4v) is 2.67. The molecule has 6 heteroatoms. The van der Waals surface area contributed by atoms with Crippen LogP contribution in [0.2, 0.25) is 0 Å². The lowest BCUT2D eigenvalue weighted by Crippen LogP contribution is -2.12. The molecule has 0 bridgehead atoms. The number of rotatable bonds is 3. The molecule has 19 heavy (non-hydrogen) atoms. The smallest absolute Gasteiger partial charge is 0.257 e. The number of nitrogens with two attached hydrogens (primary N) is 2. The van der Waals surface area contributed by atoms with Gasteiger partial charge in [0.15, 0.2) is 5.13 Å². The Morgan fingerprint density at radius 2 is 1.95 bits per heavy atom. The molecule has 0 aliphatic heterocycles. The molecule has 0 spiro atoms. The van der Waals surface area contributed by atoms with Crippen LogP contribution in [0.25, 0.3) is 0 Å². The Morgan fingerprint density at radius 1 is 1.26 bits per heavy atom. The van der Waals surface area contributed by atoms with Crippen LogP contribution in [-0.4, -0.2) is 10.9 Å². The normalized spacial score (nSPS) is 14.3. The summed E-state index contributed by atoms with van der Waals surface area (Å²) in [6, 6.07) is 4.81. The monoisotopic (exact) mass is 274 g/mol. The second-order valence-corrected chi connectivity index (χ2v) is 5.55. The SMILES string of the molecule is Nc1cc(N)cc(C(=O)Nc2nc(C3CC3)cs2)c1. The van der Waals surface area contributed by atoms with E-state index in [-0.39, 0.29) is 5.91 Å². The van der Waals surface area contributed by atoms with Crippen LogP contribution in [-0.2, 0) is 0 Å². The van der Waals surface area contributed by atoms with E-state index in [2.05, 4.69) is 10.3 Å². The van der Waals surface area contributed by atoms with E-state index in [1.165, 1.54) is 24.2 Å². The van der Waals surface area contributed by atoms with E-state index < -0.39 is 0 Å². The minimum Gasteiger partial charge on any atom is -0.399 e. The van der Waals surface area contributed by atoms with Crippen LogP contribution in [0.15, 0.2) is 23.6 Å². The van der Waals surface area contributed by atoms with Crippen molar-refractivity contribution < 1.29 is 4.79 Å². The Hall–Kier alpha value is -2.08. The van der Waals surface area contributed by atoms with Gasteiger partial charge < -0.3 is 11.5 Å². The number of nitrogen functional groups attached to an aromatic ring is 2. The summed E-state index contributed by atoms with van der Waals surface area (Å²) in [6.45, 7) is 0. The van der Waals surface area contributed by atoms with E-state index in [4.69, 9.17) is 11.5 Å². The maximum atomic E-state index is 12.1. The Balaban J connectivity index is 1.75. The summed E-state index contributed by atoms with van der Waals surface area (Å²) in [7, 11) is 0. The largest absolute Gasteiger partial charge is 0.399 e. The highest BCUT2D eigenvalue weighted by atomic mass is 32.1. The molecule has 1 aliphatic rings. The lowest BCUT2D eigenvalue weighted by atomic mass is 10.1. The topological polar surface area (TPSA) is 94.0 Å². The second kappa shape index (κ2) is 4.55. The predicted octanol–water partition coefficient (Wildman–Crippen LogP) is 2.44.